The summed E-state index contributed by atoms with van der Waals surface area (Å²) in [6.45, 7) is 2.03. The van der Waals surface area contributed by atoms with Crippen molar-refractivity contribution in [3.8, 4) is 5.75 Å². The van der Waals surface area contributed by atoms with Crippen LogP contribution in [0.3, 0.4) is 0 Å². The van der Waals surface area contributed by atoms with Crippen molar-refractivity contribution in [2.75, 3.05) is 5.32 Å². The number of aromatic nitrogens is 2. The number of fused-ring (bicyclic) bond motifs is 1. The molecule has 128 valence electrons. The van der Waals surface area contributed by atoms with Gasteiger partial charge in [-0.1, -0.05) is 48.5 Å². The molecule has 0 aliphatic rings. The van der Waals surface area contributed by atoms with Gasteiger partial charge in [0, 0.05) is 23.3 Å². The summed E-state index contributed by atoms with van der Waals surface area (Å²) in [6, 6.07) is 21.5. The Hall–Kier alpha value is -3.40. The van der Waals surface area contributed by atoms with Crippen molar-refractivity contribution in [1.29, 1.82) is 0 Å². The fraction of sp³-hybridized carbons (Fsp3) is 0.0909. The second kappa shape index (κ2) is 6.84. The van der Waals surface area contributed by atoms with Crippen molar-refractivity contribution >= 4 is 16.7 Å². The first kappa shape index (κ1) is 16.1. The van der Waals surface area contributed by atoms with Crippen LogP contribution in [0.5, 0.6) is 5.75 Å². The van der Waals surface area contributed by atoms with E-state index in [1.54, 1.807) is 12.4 Å². The van der Waals surface area contributed by atoms with Crippen molar-refractivity contribution in [3.05, 3.63) is 95.8 Å². The molecule has 0 saturated carbocycles. The number of pyridine rings is 2. The summed E-state index contributed by atoms with van der Waals surface area (Å²) in [7, 11) is 0. The van der Waals surface area contributed by atoms with E-state index in [0.717, 1.165) is 27.9 Å². The third-order valence-corrected chi connectivity index (χ3v) is 4.43. The van der Waals surface area contributed by atoms with Crippen LogP contribution in [0.4, 0.5) is 5.82 Å². The third-order valence-electron chi connectivity index (χ3n) is 4.43. The molecule has 0 spiro atoms. The summed E-state index contributed by atoms with van der Waals surface area (Å²) >= 11 is 0. The third kappa shape index (κ3) is 3.09. The lowest BCUT2D eigenvalue weighted by Crippen LogP contribution is -2.13. The number of nitrogens with one attached hydrogen (secondary N) is 1. The molecule has 2 aromatic carbocycles. The van der Waals surface area contributed by atoms with Crippen LogP contribution in [-0.2, 0) is 0 Å². The topological polar surface area (TPSA) is 58.0 Å². The van der Waals surface area contributed by atoms with E-state index in [9.17, 15) is 5.11 Å². The number of anilines is 1. The predicted molar refractivity (Wildman–Crippen MR) is 104 cm³/mol. The summed E-state index contributed by atoms with van der Waals surface area (Å²) in [5, 5.41) is 15.3. The summed E-state index contributed by atoms with van der Waals surface area (Å²) in [6.07, 6.45) is 3.47. The highest BCUT2D eigenvalue weighted by Crippen LogP contribution is 2.36. The molecule has 0 bridgehead atoms. The molecule has 1 atom stereocenters. The van der Waals surface area contributed by atoms with Crippen LogP contribution in [-0.4, -0.2) is 15.1 Å². The molecule has 0 fully saturated rings. The van der Waals surface area contributed by atoms with Gasteiger partial charge in [0.15, 0.2) is 0 Å². The lowest BCUT2D eigenvalue weighted by atomic mass is 9.96. The van der Waals surface area contributed by atoms with Crippen molar-refractivity contribution in [1.82, 2.24) is 9.97 Å². The van der Waals surface area contributed by atoms with Crippen molar-refractivity contribution < 1.29 is 5.11 Å². The molecule has 0 saturated heterocycles. The average molecular weight is 341 g/mol. The highest BCUT2D eigenvalue weighted by molar-refractivity contribution is 5.86. The fourth-order valence-corrected chi connectivity index (χ4v) is 3.13. The average Bonchev–Trinajstić information content (AvgIpc) is 2.68. The minimum absolute atomic E-state index is 0.192. The Balaban J connectivity index is 1.84. The maximum atomic E-state index is 10.9. The Labute approximate surface area is 152 Å². The van der Waals surface area contributed by atoms with Crippen LogP contribution < -0.4 is 5.32 Å². The van der Waals surface area contributed by atoms with Crippen LogP contribution in [0.2, 0.25) is 0 Å². The molecule has 0 radical (unpaired) electrons. The molecule has 4 nitrogen and oxygen atoms in total. The molecular formula is C22H19N3O. The molecule has 0 amide bonds. The van der Waals surface area contributed by atoms with Gasteiger partial charge in [-0.05, 0) is 36.2 Å². The van der Waals surface area contributed by atoms with Gasteiger partial charge < -0.3 is 10.4 Å². The van der Waals surface area contributed by atoms with E-state index in [-0.39, 0.29) is 11.8 Å². The van der Waals surface area contributed by atoms with Gasteiger partial charge in [0.1, 0.15) is 17.1 Å². The number of hydrogen-bond acceptors (Lipinski definition) is 4. The largest absolute Gasteiger partial charge is 0.505 e. The molecule has 2 N–H and O–H groups in total. The second-order valence-electron chi connectivity index (χ2n) is 6.28. The maximum absolute atomic E-state index is 10.9. The zero-order valence-electron chi connectivity index (χ0n) is 14.4. The van der Waals surface area contributed by atoms with E-state index in [4.69, 9.17) is 0 Å². The zero-order valence-corrected chi connectivity index (χ0v) is 14.4. The summed E-state index contributed by atoms with van der Waals surface area (Å²) in [5.41, 5.74) is 3.54. The minimum atomic E-state index is -0.239. The van der Waals surface area contributed by atoms with Gasteiger partial charge in [0.25, 0.3) is 0 Å². The van der Waals surface area contributed by atoms with Crippen LogP contribution >= 0.6 is 0 Å². The molecule has 2 heterocycles. The van der Waals surface area contributed by atoms with Gasteiger partial charge in [-0.25, -0.2) is 4.98 Å². The van der Waals surface area contributed by atoms with Crippen molar-refractivity contribution in [2.24, 2.45) is 0 Å². The molecule has 1 unspecified atom stereocenters. The molecular weight excluding hydrogens is 322 g/mol. The second-order valence-corrected chi connectivity index (χ2v) is 6.28. The Morgan fingerprint density at radius 2 is 1.73 bits per heavy atom. The van der Waals surface area contributed by atoms with Crippen LogP contribution in [0, 0.1) is 6.92 Å². The number of rotatable bonds is 4. The van der Waals surface area contributed by atoms with E-state index in [1.165, 1.54) is 0 Å². The number of phenols is 1. The summed E-state index contributed by atoms with van der Waals surface area (Å²) in [5.74, 6) is 0.955. The molecule has 4 rings (SSSR count). The van der Waals surface area contributed by atoms with Crippen LogP contribution in [0.25, 0.3) is 10.9 Å². The number of benzene rings is 2. The van der Waals surface area contributed by atoms with E-state index in [1.807, 2.05) is 73.7 Å². The molecule has 0 aliphatic carbocycles. The van der Waals surface area contributed by atoms with Gasteiger partial charge in [0.2, 0.25) is 0 Å². The van der Waals surface area contributed by atoms with E-state index in [0.29, 0.717) is 5.52 Å². The molecule has 4 aromatic rings. The van der Waals surface area contributed by atoms with Gasteiger partial charge in [-0.15, -0.1) is 0 Å². The first-order valence-electron chi connectivity index (χ1n) is 8.53. The standard InChI is InChI=1S/C22H19N3O/c1-15-11-13-23-19(14-15)25-20(16-6-3-2-4-7-16)18-10-9-17-8-5-12-24-21(17)22(18)26/h2-14,20,26H,1H3,(H,23,25). The zero-order chi connectivity index (χ0) is 17.9. The number of phenolic OH excluding ortho intramolecular Hbond substituents is 1. The van der Waals surface area contributed by atoms with Gasteiger partial charge in [0.05, 0.1) is 6.04 Å². The number of aryl methyl sites for hydroxylation is 1. The van der Waals surface area contributed by atoms with Gasteiger partial charge in [-0.2, -0.15) is 0 Å². The van der Waals surface area contributed by atoms with E-state index < -0.39 is 0 Å². The SMILES string of the molecule is Cc1ccnc(NC(c2ccccc2)c2ccc3cccnc3c2O)c1. The van der Waals surface area contributed by atoms with Gasteiger partial charge >= 0.3 is 0 Å². The highest BCUT2D eigenvalue weighted by atomic mass is 16.3. The summed E-state index contributed by atoms with van der Waals surface area (Å²) < 4.78 is 0. The Morgan fingerprint density at radius 1 is 0.885 bits per heavy atom. The lowest BCUT2D eigenvalue weighted by Gasteiger charge is -2.22. The minimum Gasteiger partial charge on any atom is -0.505 e. The van der Waals surface area contributed by atoms with E-state index >= 15 is 0 Å². The molecule has 4 heteroatoms. The number of aromatic hydroxyl groups is 1. The number of nitrogens with zero attached hydrogens (tertiary/aromatic N) is 2. The van der Waals surface area contributed by atoms with E-state index in [2.05, 4.69) is 15.3 Å². The molecule has 0 aliphatic heterocycles. The lowest BCUT2D eigenvalue weighted by molar-refractivity contribution is 0.471. The molecule has 26 heavy (non-hydrogen) atoms. The Morgan fingerprint density at radius 3 is 2.54 bits per heavy atom. The van der Waals surface area contributed by atoms with Gasteiger partial charge in [-0.3, -0.25) is 4.98 Å². The maximum Gasteiger partial charge on any atom is 0.147 e. The smallest absolute Gasteiger partial charge is 0.147 e. The Kier molecular flexibility index (Phi) is 4.23. The van der Waals surface area contributed by atoms with Crippen LogP contribution in [0.15, 0.2) is 79.1 Å². The normalized spacial score (nSPS) is 12.0. The molecule has 2 aromatic heterocycles. The quantitative estimate of drug-likeness (QED) is 0.557. The van der Waals surface area contributed by atoms with Crippen molar-refractivity contribution in [3.63, 3.8) is 0 Å². The Bertz CT molecular complexity index is 1050. The number of hydrogen-bond donors (Lipinski definition) is 2. The first-order valence-corrected chi connectivity index (χ1v) is 8.53. The van der Waals surface area contributed by atoms with Crippen molar-refractivity contribution in [2.45, 2.75) is 13.0 Å². The first-order chi connectivity index (χ1) is 12.7. The van der Waals surface area contributed by atoms with Crippen LogP contribution in [0.1, 0.15) is 22.7 Å². The fourth-order valence-electron chi connectivity index (χ4n) is 3.13. The summed E-state index contributed by atoms with van der Waals surface area (Å²) in [4.78, 5) is 8.76. The monoisotopic (exact) mass is 341 g/mol. The predicted octanol–water partition coefficient (Wildman–Crippen LogP) is 4.85. The highest BCUT2D eigenvalue weighted by Gasteiger charge is 2.20.